The Bertz CT molecular complexity index is 1000. The molecule has 2 aromatic carbocycles. The van der Waals surface area contributed by atoms with Crippen LogP contribution in [0.25, 0.3) is 10.9 Å². The smallest absolute Gasteiger partial charge is 0.229 e. The fraction of sp³-hybridized carbons (Fsp3) is 0.250. The molecule has 1 atom stereocenters. The highest BCUT2D eigenvalue weighted by molar-refractivity contribution is 6.05. The Morgan fingerprint density at radius 3 is 2.96 bits per heavy atom. The molecule has 0 bridgehead atoms. The number of hydrogen-bond acceptors (Lipinski definition) is 3. The number of aromatic amines is 1. The molecule has 0 saturated carbocycles. The lowest BCUT2D eigenvalue weighted by Gasteiger charge is -2.14. The van der Waals surface area contributed by atoms with Crippen LogP contribution in [0.1, 0.15) is 12.0 Å². The van der Waals surface area contributed by atoms with Crippen LogP contribution >= 0.6 is 0 Å². The predicted octanol–water partition coefficient (Wildman–Crippen LogP) is 2.41. The number of fused-ring (bicyclic) bond motifs is 1. The summed E-state index contributed by atoms with van der Waals surface area (Å²) in [5.41, 5.74) is 1.67. The molecule has 2 amide bonds. The topological polar surface area (TPSA) is 78.1 Å². The van der Waals surface area contributed by atoms with Crippen molar-refractivity contribution in [1.29, 1.82) is 0 Å². The molecule has 1 fully saturated rings. The fourth-order valence-corrected chi connectivity index (χ4v) is 3.41. The average Bonchev–Trinajstić information content (AvgIpc) is 3.25. The van der Waals surface area contributed by atoms with Gasteiger partial charge in [-0.3, -0.25) is 19.6 Å². The summed E-state index contributed by atoms with van der Waals surface area (Å²) in [7, 11) is 0. The first-order chi connectivity index (χ1) is 13.1. The van der Waals surface area contributed by atoms with E-state index >= 15 is 0 Å². The van der Waals surface area contributed by atoms with Crippen molar-refractivity contribution in [3.63, 3.8) is 0 Å². The van der Waals surface area contributed by atoms with Crippen LogP contribution in [0.5, 0.6) is 0 Å². The van der Waals surface area contributed by atoms with E-state index in [1.807, 2.05) is 30.3 Å². The highest BCUT2D eigenvalue weighted by Crippen LogP contribution is 2.29. The molecule has 0 spiro atoms. The number of nitrogens with zero attached hydrogens (tertiary/aromatic N) is 2. The highest BCUT2D eigenvalue weighted by atomic mass is 19.1. The zero-order valence-electron chi connectivity index (χ0n) is 14.6. The maximum Gasteiger partial charge on any atom is 0.229 e. The summed E-state index contributed by atoms with van der Waals surface area (Å²) in [6, 6.07) is 13.9. The van der Waals surface area contributed by atoms with E-state index in [1.54, 1.807) is 11.0 Å². The summed E-state index contributed by atoms with van der Waals surface area (Å²) in [5, 5.41) is 10.9. The van der Waals surface area contributed by atoms with E-state index in [0.29, 0.717) is 25.3 Å². The molecule has 1 aromatic heterocycles. The Kier molecular flexibility index (Phi) is 4.58. The maximum atomic E-state index is 13.2. The monoisotopic (exact) mass is 366 g/mol. The lowest BCUT2D eigenvalue weighted by atomic mass is 10.1. The van der Waals surface area contributed by atoms with Crippen LogP contribution in [0, 0.1) is 11.7 Å². The zero-order chi connectivity index (χ0) is 18.8. The Hall–Kier alpha value is -3.22. The number of nitrogens with one attached hydrogen (secondary N) is 2. The Morgan fingerprint density at radius 2 is 2.11 bits per heavy atom. The van der Waals surface area contributed by atoms with E-state index < -0.39 is 5.92 Å². The Morgan fingerprint density at radius 1 is 1.26 bits per heavy atom. The largest absolute Gasteiger partial charge is 0.355 e. The number of halogens is 1. The third-order valence-electron chi connectivity index (χ3n) is 4.80. The number of carbonyl (C=O) groups is 2. The van der Waals surface area contributed by atoms with Gasteiger partial charge in [-0.15, -0.1) is 0 Å². The second-order valence-electron chi connectivity index (χ2n) is 6.67. The molecule has 0 aliphatic carbocycles. The molecule has 1 aliphatic heterocycles. The van der Waals surface area contributed by atoms with Crippen molar-refractivity contribution >= 4 is 28.5 Å². The first kappa shape index (κ1) is 17.2. The molecule has 27 heavy (non-hydrogen) atoms. The minimum absolute atomic E-state index is 0.113. The summed E-state index contributed by atoms with van der Waals surface area (Å²) < 4.78 is 13.2. The van der Waals surface area contributed by atoms with Crippen molar-refractivity contribution in [2.75, 3.05) is 18.0 Å². The predicted molar refractivity (Wildman–Crippen MR) is 99.7 cm³/mol. The third-order valence-corrected chi connectivity index (χ3v) is 4.80. The van der Waals surface area contributed by atoms with Gasteiger partial charge >= 0.3 is 0 Å². The van der Waals surface area contributed by atoms with Crippen molar-refractivity contribution in [3.05, 3.63) is 59.9 Å². The lowest BCUT2D eigenvalue weighted by molar-refractivity contribution is -0.126. The molecule has 138 valence electrons. The number of benzene rings is 2. The van der Waals surface area contributed by atoms with Crippen LogP contribution in [-0.4, -0.2) is 35.1 Å². The molecule has 3 aromatic rings. The molecular weight excluding hydrogens is 347 g/mol. The number of para-hydroxylation sites is 1. The number of rotatable bonds is 5. The van der Waals surface area contributed by atoms with Gasteiger partial charge in [0.2, 0.25) is 11.8 Å². The number of anilines is 1. The lowest BCUT2D eigenvalue weighted by Crippen LogP contribution is -2.34. The second-order valence-corrected chi connectivity index (χ2v) is 6.67. The molecule has 2 N–H and O–H groups in total. The molecule has 0 radical (unpaired) electrons. The first-order valence-electron chi connectivity index (χ1n) is 8.87. The van der Waals surface area contributed by atoms with Crippen LogP contribution in [0.4, 0.5) is 10.2 Å². The van der Waals surface area contributed by atoms with Gasteiger partial charge in [-0.25, -0.2) is 4.39 Å². The van der Waals surface area contributed by atoms with E-state index in [0.717, 1.165) is 16.5 Å². The first-order valence-corrected chi connectivity index (χ1v) is 8.87. The highest BCUT2D eigenvalue weighted by Gasteiger charge is 2.36. The summed E-state index contributed by atoms with van der Waals surface area (Å²) in [6.07, 6.45) is 0.699. The average molecular weight is 366 g/mol. The fourth-order valence-electron chi connectivity index (χ4n) is 3.41. The SMILES string of the molecule is O=C(NCCc1cccc(F)c1)[C@H]1CC(=O)N(c2n[nH]c3ccccc23)C1. The van der Waals surface area contributed by atoms with Crippen LogP contribution in [0.3, 0.4) is 0 Å². The summed E-state index contributed by atoms with van der Waals surface area (Å²) in [5.74, 6) is -0.423. The van der Waals surface area contributed by atoms with Gasteiger partial charge in [-0.1, -0.05) is 24.3 Å². The molecule has 6 nitrogen and oxygen atoms in total. The van der Waals surface area contributed by atoms with Crippen molar-refractivity contribution in [2.24, 2.45) is 5.92 Å². The number of carbonyl (C=O) groups excluding carboxylic acids is 2. The van der Waals surface area contributed by atoms with Gasteiger partial charge in [0.1, 0.15) is 5.82 Å². The van der Waals surface area contributed by atoms with Gasteiger partial charge in [0, 0.05) is 24.9 Å². The Balaban J connectivity index is 1.38. The van der Waals surface area contributed by atoms with Gasteiger partial charge in [0.05, 0.1) is 11.4 Å². The van der Waals surface area contributed by atoms with Crippen molar-refractivity contribution < 1.29 is 14.0 Å². The zero-order valence-corrected chi connectivity index (χ0v) is 14.6. The van der Waals surface area contributed by atoms with Crippen molar-refractivity contribution in [3.8, 4) is 0 Å². The summed E-state index contributed by atoms with van der Waals surface area (Å²) in [6.45, 7) is 0.706. The van der Waals surface area contributed by atoms with E-state index in [-0.39, 0.29) is 24.1 Å². The quantitative estimate of drug-likeness (QED) is 0.728. The van der Waals surface area contributed by atoms with Crippen LogP contribution in [-0.2, 0) is 16.0 Å². The normalized spacial score (nSPS) is 16.9. The number of amides is 2. The minimum Gasteiger partial charge on any atom is -0.355 e. The molecule has 0 unspecified atom stereocenters. The molecule has 4 rings (SSSR count). The Labute approximate surface area is 155 Å². The maximum absolute atomic E-state index is 13.2. The van der Waals surface area contributed by atoms with Gasteiger partial charge in [-0.05, 0) is 36.2 Å². The second kappa shape index (κ2) is 7.19. The van der Waals surface area contributed by atoms with Crippen molar-refractivity contribution in [1.82, 2.24) is 15.5 Å². The van der Waals surface area contributed by atoms with Gasteiger partial charge < -0.3 is 5.32 Å². The summed E-state index contributed by atoms with van der Waals surface area (Å²) >= 11 is 0. The van der Waals surface area contributed by atoms with E-state index in [9.17, 15) is 14.0 Å². The minimum atomic E-state index is -0.416. The van der Waals surface area contributed by atoms with Crippen LogP contribution in [0.2, 0.25) is 0 Å². The van der Waals surface area contributed by atoms with E-state index in [4.69, 9.17) is 0 Å². The number of aromatic nitrogens is 2. The molecule has 1 saturated heterocycles. The number of H-pyrrole nitrogens is 1. The van der Waals surface area contributed by atoms with Crippen molar-refractivity contribution in [2.45, 2.75) is 12.8 Å². The number of hydrogen-bond donors (Lipinski definition) is 2. The van der Waals surface area contributed by atoms with Gasteiger partial charge in [0.25, 0.3) is 0 Å². The van der Waals surface area contributed by atoms with Crippen LogP contribution < -0.4 is 10.2 Å². The molecule has 1 aliphatic rings. The molecule has 2 heterocycles. The molecule has 7 heteroatoms. The van der Waals surface area contributed by atoms with Gasteiger partial charge in [0.15, 0.2) is 5.82 Å². The molecular formula is C20H19FN4O2. The van der Waals surface area contributed by atoms with E-state index in [1.165, 1.54) is 12.1 Å². The summed E-state index contributed by atoms with van der Waals surface area (Å²) in [4.78, 5) is 26.4. The van der Waals surface area contributed by atoms with Crippen LogP contribution in [0.15, 0.2) is 48.5 Å². The standard InChI is InChI=1S/C20H19FN4O2/c21-15-5-3-4-13(10-15)8-9-22-20(27)14-11-18(26)25(12-14)19-16-6-1-2-7-17(16)23-24-19/h1-7,10,14H,8-9,11-12H2,(H,22,27)(H,23,24)/t14-/m0/s1. The van der Waals surface area contributed by atoms with Gasteiger partial charge in [-0.2, -0.15) is 5.10 Å². The third kappa shape index (κ3) is 3.53. The van der Waals surface area contributed by atoms with E-state index in [2.05, 4.69) is 15.5 Å².